The van der Waals surface area contributed by atoms with Gasteiger partial charge in [0.2, 0.25) is 0 Å². The minimum Gasteiger partial charge on any atom is -0.495 e. The van der Waals surface area contributed by atoms with Crippen LogP contribution in [0.5, 0.6) is 11.5 Å². The predicted octanol–water partition coefficient (Wildman–Crippen LogP) is 3.12. The van der Waals surface area contributed by atoms with E-state index in [9.17, 15) is 0 Å². The van der Waals surface area contributed by atoms with E-state index in [0.29, 0.717) is 23.0 Å². The molecule has 0 amide bonds. The number of hydrogen-bond acceptors (Lipinski definition) is 5. The fraction of sp³-hybridized carbons (Fsp3) is 0.286. The lowest BCUT2D eigenvalue weighted by molar-refractivity contribution is 0.390. The maximum absolute atomic E-state index is 5.99. The summed E-state index contributed by atoms with van der Waals surface area (Å²) < 4.78 is 11.4. The summed E-state index contributed by atoms with van der Waals surface area (Å²) in [5.41, 5.74) is 9.02. The fourth-order valence-corrected chi connectivity index (χ4v) is 2.57. The fourth-order valence-electron chi connectivity index (χ4n) is 1.90. The molecule has 0 atom stereocenters. The van der Waals surface area contributed by atoms with Gasteiger partial charge in [-0.1, -0.05) is 0 Å². The Kier molecular flexibility index (Phi) is 4.13. The molecule has 2 N–H and O–H groups in total. The lowest BCUT2D eigenvalue weighted by atomic mass is 10.1. The molecule has 0 radical (unpaired) electrons. The minimum absolute atomic E-state index is 0.378. The van der Waals surface area contributed by atoms with Crippen molar-refractivity contribution in [2.24, 2.45) is 0 Å². The molecule has 5 nitrogen and oxygen atoms in total. The van der Waals surface area contributed by atoms with E-state index in [1.165, 1.54) is 0 Å². The molecule has 0 aliphatic heterocycles. The van der Waals surface area contributed by atoms with Crippen LogP contribution in [0.25, 0.3) is 11.3 Å². The lowest BCUT2D eigenvalue weighted by Crippen LogP contribution is -2.03. The maximum Gasteiger partial charge on any atom is 0.150 e. The van der Waals surface area contributed by atoms with E-state index in [4.69, 9.17) is 15.2 Å². The van der Waals surface area contributed by atoms with E-state index in [1.807, 2.05) is 26.0 Å². The molecule has 0 aliphatic carbocycles. The molecule has 6 heteroatoms. The van der Waals surface area contributed by atoms with Crippen LogP contribution in [0.2, 0.25) is 0 Å². The normalized spacial score (nSPS) is 10.4. The van der Waals surface area contributed by atoms with Gasteiger partial charge in [0.1, 0.15) is 27.5 Å². The first-order chi connectivity index (χ1) is 9.49. The van der Waals surface area contributed by atoms with Gasteiger partial charge in [-0.15, -0.1) is 0 Å². The van der Waals surface area contributed by atoms with Crippen LogP contribution in [0, 0.1) is 13.8 Å². The highest BCUT2D eigenvalue weighted by Crippen LogP contribution is 2.42. The van der Waals surface area contributed by atoms with Gasteiger partial charge in [-0.2, -0.15) is 0 Å². The Labute approximate surface area is 126 Å². The van der Waals surface area contributed by atoms with Crippen LogP contribution in [0.15, 0.2) is 16.6 Å². The molecule has 0 unspecified atom stereocenters. The molecule has 0 spiro atoms. The van der Waals surface area contributed by atoms with Gasteiger partial charge in [0.05, 0.1) is 25.6 Å². The van der Waals surface area contributed by atoms with Crippen molar-refractivity contribution >= 4 is 21.7 Å². The first-order valence-electron chi connectivity index (χ1n) is 6.01. The summed E-state index contributed by atoms with van der Waals surface area (Å²) in [7, 11) is 3.19. The van der Waals surface area contributed by atoms with Crippen molar-refractivity contribution < 1.29 is 9.47 Å². The second-order valence-corrected chi connectivity index (χ2v) is 5.08. The Bertz CT molecular complexity index is 659. The van der Waals surface area contributed by atoms with E-state index in [-0.39, 0.29) is 0 Å². The molecule has 0 fully saturated rings. The number of nitrogen functional groups attached to an aromatic ring is 1. The number of nitrogens with zero attached hydrogens (tertiary/aromatic N) is 2. The number of nitrogens with two attached hydrogens (primary N) is 1. The summed E-state index contributed by atoms with van der Waals surface area (Å²) in [6.07, 6.45) is 0. The van der Waals surface area contributed by atoms with E-state index < -0.39 is 0 Å². The van der Waals surface area contributed by atoms with Gasteiger partial charge in [-0.25, -0.2) is 9.97 Å². The Morgan fingerprint density at radius 1 is 1.05 bits per heavy atom. The highest BCUT2D eigenvalue weighted by Gasteiger charge is 2.18. The van der Waals surface area contributed by atoms with Crippen LogP contribution < -0.4 is 15.2 Å². The van der Waals surface area contributed by atoms with E-state index >= 15 is 0 Å². The number of aromatic nitrogens is 2. The summed E-state index contributed by atoms with van der Waals surface area (Å²) in [6, 6.07) is 3.69. The van der Waals surface area contributed by atoms with Crippen LogP contribution >= 0.6 is 15.9 Å². The van der Waals surface area contributed by atoms with Crippen molar-refractivity contribution in [2.45, 2.75) is 13.8 Å². The van der Waals surface area contributed by atoms with Crippen molar-refractivity contribution in [2.75, 3.05) is 20.0 Å². The SMILES string of the molecule is COc1ccc(-c2nc(C)c(C)nc2N)c(OC)c1Br. The zero-order valence-electron chi connectivity index (χ0n) is 11.8. The number of anilines is 1. The molecule has 2 rings (SSSR count). The summed E-state index contributed by atoms with van der Waals surface area (Å²) in [5.74, 6) is 1.68. The third-order valence-corrected chi connectivity index (χ3v) is 3.83. The Balaban J connectivity index is 2.70. The molecule has 20 heavy (non-hydrogen) atoms. The van der Waals surface area contributed by atoms with Gasteiger partial charge in [0, 0.05) is 5.56 Å². The van der Waals surface area contributed by atoms with E-state index in [2.05, 4.69) is 25.9 Å². The zero-order chi connectivity index (χ0) is 14.9. The average Bonchev–Trinajstić information content (AvgIpc) is 2.42. The molecular formula is C14H16BrN3O2. The van der Waals surface area contributed by atoms with Gasteiger partial charge in [-0.05, 0) is 41.9 Å². The molecule has 0 saturated heterocycles. The van der Waals surface area contributed by atoms with Gasteiger partial charge in [0.15, 0.2) is 0 Å². The highest BCUT2D eigenvalue weighted by atomic mass is 79.9. The van der Waals surface area contributed by atoms with Crippen molar-refractivity contribution in [3.05, 3.63) is 28.0 Å². The number of hydrogen-bond donors (Lipinski definition) is 1. The van der Waals surface area contributed by atoms with Crippen LogP contribution in [0.4, 0.5) is 5.82 Å². The summed E-state index contributed by atoms with van der Waals surface area (Å²) in [6.45, 7) is 3.78. The smallest absolute Gasteiger partial charge is 0.150 e. The lowest BCUT2D eigenvalue weighted by Gasteiger charge is -2.14. The molecule has 0 saturated carbocycles. The zero-order valence-corrected chi connectivity index (χ0v) is 13.4. The van der Waals surface area contributed by atoms with Crippen LogP contribution in [-0.4, -0.2) is 24.2 Å². The third kappa shape index (κ3) is 2.43. The number of ether oxygens (including phenoxy) is 2. The molecule has 0 aliphatic rings. The monoisotopic (exact) mass is 337 g/mol. The van der Waals surface area contributed by atoms with Crippen LogP contribution in [0.3, 0.4) is 0 Å². The topological polar surface area (TPSA) is 70.3 Å². The van der Waals surface area contributed by atoms with Crippen LogP contribution in [-0.2, 0) is 0 Å². The van der Waals surface area contributed by atoms with Crippen LogP contribution in [0.1, 0.15) is 11.4 Å². The molecule has 1 aromatic carbocycles. The van der Waals surface area contributed by atoms with Gasteiger partial charge in [-0.3, -0.25) is 0 Å². The summed E-state index contributed by atoms with van der Waals surface area (Å²) in [5, 5.41) is 0. The van der Waals surface area contributed by atoms with Crippen molar-refractivity contribution in [1.82, 2.24) is 9.97 Å². The number of methoxy groups -OCH3 is 2. The van der Waals surface area contributed by atoms with Gasteiger partial charge >= 0.3 is 0 Å². The minimum atomic E-state index is 0.378. The predicted molar refractivity (Wildman–Crippen MR) is 82.2 cm³/mol. The Morgan fingerprint density at radius 3 is 2.30 bits per heavy atom. The highest BCUT2D eigenvalue weighted by molar-refractivity contribution is 9.10. The maximum atomic E-state index is 5.99. The molecule has 1 heterocycles. The van der Waals surface area contributed by atoms with Crippen molar-refractivity contribution in [3.63, 3.8) is 0 Å². The Morgan fingerprint density at radius 2 is 1.70 bits per heavy atom. The van der Waals surface area contributed by atoms with E-state index in [0.717, 1.165) is 21.4 Å². The average molecular weight is 338 g/mol. The first kappa shape index (κ1) is 14.6. The number of benzene rings is 1. The largest absolute Gasteiger partial charge is 0.495 e. The van der Waals surface area contributed by atoms with Gasteiger partial charge < -0.3 is 15.2 Å². The standard InChI is InChI=1S/C14H16BrN3O2/c1-7-8(2)18-14(16)12(17-7)9-5-6-10(19-3)11(15)13(9)20-4/h5-6H,1-4H3,(H2,16,18). The Hall–Kier alpha value is -1.82. The summed E-state index contributed by atoms with van der Waals surface area (Å²) >= 11 is 3.47. The van der Waals surface area contributed by atoms with Gasteiger partial charge in [0.25, 0.3) is 0 Å². The summed E-state index contributed by atoms with van der Waals surface area (Å²) in [4.78, 5) is 8.83. The molecular weight excluding hydrogens is 322 g/mol. The van der Waals surface area contributed by atoms with Crippen molar-refractivity contribution in [3.8, 4) is 22.8 Å². The van der Waals surface area contributed by atoms with E-state index in [1.54, 1.807) is 14.2 Å². The third-order valence-electron chi connectivity index (χ3n) is 3.07. The second-order valence-electron chi connectivity index (χ2n) is 4.29. The molecule has 106 valence electrons. The second kappa shape index (κ2) is 5.66. The number of halogens is 1. The number of rotatable bonds is 3. The molecule has 0 bridgehead atoms. The molecule has 1 aromatic heterocycles. The van der Waals surface area contributed by atoms with Crippen molar-refractivity contribution in [1.29, 1.82) is 0 Å². The quantitative estimate of drug-likeness (QED) is 0.931. The number of aryl methyl sites for hydroxylation is 2. The molecule has 2 aromatic rings. The first-order valence-corrected chi connectivity index (χ1v) is 6.80.